The molecule has 4 heteroatoms. The minimum atomic E-state index is -0.692. The summed E-state index contributed by atoms with van der Waals surface area (Å²) in [5.41, 5.74) is 1.15. The number of nitrogens with zero attached hydrogens (tertiary/aromatic N) is 1. The molecule has 1 aliphatic carbocycles. The molecule has 0 spiro atoms. The van der Waals surface area contributed by atoms with Gasteiger partial charge >= 0.3 is 5.97 Å². The number of aliphatic carboxylic acids is 1. The van der Waals surface area contributed by atoms with Crippen molar-refractivity contribution < 1.29 is 9.90 Å². The Morgan fingerprint density at radius 3 is 2.78 bits per heavy atom. The molecule has 1 aromatic carbocycles. The van der Waals surface area contributed by atoms with Crippen molar-refractivity contribution in [3.05, 3.63) is 34.9 Å². The van der Waals surface area contributed by atoms with Crippen LogP contribution in [-0.4, -0.2) is 15.6 Å². The lowest BCUT2D eigenvalue weighted by Crippen LogP contribution is -2.15. The van der Waals surface area contributed by atoms with Gasteiger partial charge in [-0.05, 0) is 40.3 Å². The second-order valence-electron chi connectivity index (χ2n) is 5.19. The first kappa shape index (κ1) is 11.8. The molecule has 0 aliphatic heterocycles. The zero-order valence-corrected chi connectivity index (χ0v) is 11.5. The Morgan fingerprint density at radius 1 is 1.39 bits per heavy atom. The molecule has 1 N–H and O–H groups in total. The summed E-state index contributed by atoms with van der Waals surface area (Å²) in [6.07, 6.45) is 4.37. The van der Waals surface area contributed by atoms with Crippen molar-refractivity contribution in [1.29, 1.82) is 0 Å². The van der Waals surface area contributed by atoms with Gasteiger partial charge in [0.05, 0.1) is 6.42 Å². The standard InChI is InChI=1S/C14H14BrNO2/c15-11-8-16(12-4-2-1-3-10(11)12)9-14(5-6-14)7-13(17)18/h1-4,8H,5-7,9H2,(H,17,18). The van der Waals surface area contributed by atoms with Crippen LogP contribution < -0.4 is 0 Å². The van der Waals surface area contributed by atoms with E-state index in [1.165, 1.54) is 10.9 Å². The lowest BCUT2D eigenvalue weighted by atomic mass is 10.0. The molecule has 3 nitrogen and oxygen atoms in total. The molecule has 0 saturated heterocycles. The highest BCUT2D eigenvalue weighted by molar-refractivity contribution is 9.10. The number of fused-ring (bicyclic) bond motifs is 1. The van der Waals surface area contributed by atoms with Gasteiger partial charge in [0.1, 0.15) is 0 Å². The average Bonchev–Trinajstić information content (AvgIpc) is 2.99. The van der Waals surface area contributed by atoms with E-state index < -0.39 is 5.97 Å². The Hall–Kier alpha value is -1.29. The van der Waals surface area contributed by atoms with E-state index in [1.54, 1.807) is 0 Å². The van der Waals surface area contributed by atoms with Crippen molar-refractivity contribution in [2.24, 2.45) is 5.41 Å². The van der Waals surface area contributed by atoms with Crippen LogP contribution in [0.2, 0.25) is 0 Å². The van der Waals surface area contributed by atoms with Gasteiger partial charge in [-0.25, -0.2) is 0 Å². The number of aromatic nitrogens is 1. The number of carbonyl (C=O) groups is 1. The smallest absolute Gasteiger partial charge is 0.303 e. The molecule has 1 aliphatic rings. The van der Waals surface area contributed by atoms with Crippen molar-refractivity contribution in [2.45, 2.75) is 25.8 Å². The Morgan fingerprint density at radius 2 is 2.11 bits per heavy atom. The monoisotopic (exact) mass is 307 g/mol. The fourth-order valence-corrected chi connectivity index (χ4v) is 3.16. The molecular weight excluding hydrogens is 294 g/mol. The van der Waals surface area contributed by atoms with Crippen LogP contribution in [0.3, 0.4) is 0 Å². The Labute approximate surface area is 114 Å². The zero-order chi connectivity index (χ0) is 12.8. The van der Waals surface area contributed by atoms with Crippen LogP contribution in [0, 0.1) is 5.41 Å². The highest BCUT2D eigenvalue weighted by Crippen LogP contribution is 2.50. The van der Waals surface area contributed by atoms with E-state index in [9.17, 15) is 4.79 Å². The molecule has 1 fully saturated rings. The van der Waals surface area contributed by atoms with E-state index in [-0.39, 0.29) is 11.8 Å². The van der Waals surface area contributed by atoms with Gasteiger partial charge in [0.25, 0.3) is 0 Å². The predicted octanol–water partition coefficient (Wildman–Crippen LogP) is 3.66. The zero-order valence-electron chi connectivity index (χ0n) is 9.90. The molecule has 0 unspecified atom stereocenters. The first-order valence-corrected chi connectivity index (χ1v) is 6.84. The topological polar surface area (TPSA) is 42.2 Å². The largest absolute Gasteiger partial charge is 0.481 e. The molecule has 18 heavy (non-hydrogen) atoms. The first-order valence-electron chi connectivity index (χ1n) is 6.05. The molecular formula is C14H14BrNO2. The number of rotatable bonds is 4. The maximum Gasteiger partial charge on any atom is 0.303 e. The van der Waals surface area contributed by atoms with Gasteiger partial charge in [-0.2, -0.15) is 0 Å². The number of carboxylic acid groups (broad SMARTS) is 1. The molecule has 1 aromatic heterocycles. The second-order valence-corrected chi connectivity index (χ2v) is 6.05. The third-order valence-electron chi connectivity index (χ3n) is 3.73. The third kappa shape index (κ3) is 2.05. The van der Waals surface area contributed by atoms with E-state index in [0.717, 1.165) is 23.9 Å². The minimum Gasteiger partial charge on any atom is -0.481 e. The van der Waals surface area contributed by atoms with Crippen molar-refractivity contribution in [3.8, 4) is 0 Å². The molecule has 3 rings (SSSR count). The van der Waals surface area contributed by atoms with Crippen LogP contribution in [0.15, 0.2) is 34.9 Å². The Kier molecular flexibility index (Phi) is 2.70. The van der Waals surface area contributed by atoms with Crippen molar-refractivity contribution in [1.82, 2.24) is 4.57 Å². The van der Waals surface area contributed by atoms with Gasteiger partial charge in [-0.3, -0.25) is 4.79 Å². The number of carboxylic acids is 1. The first-order chi connectivity index (χ1) is 8.60. The number of hydrogen-bond donors (Lipinski definition) is 1. The highest BCUT2D eigenvalue weighted by atomic mass is 79.9. The van der Waals surface area contributed by atoms with E-state index in [4.69, 9.17) is 5.11 Å². The van der Waals surface area contributed by atoms with E-state index in [0.29, 0.717) is 0 Å². The number of halogens is 1. The predicted molar refractivity (Wildman–Crippen MR) is 73.6 cm³/mol. The van der Waals surface area contributed by atoms with Crippen LogP contribution in [0.1, 0.15) is 19.3 Å². The van der Waals surface area contributed by atoms with E-state index in [2.05, 4.69) is 38.8 Å². The lowest BCUT2D eigenvalue weighted by molar-refractivity contribution is -0.138. The molecule has 1 heterocycles. The molecule has 94 valence electrons. The van der Waals surface area contributed by atoms with Crippen LogP contribution in [0.4, 0.5) is 0 Å². The fraction of sp³-hybridized carbons (Fsp3) is 0.357. The second kappa shape index (κ2) is 4.12. The summed E-state index contributed by atoms with van der Waals surface area (Å²) < 4.78 is 3.25. The summed E-state index contributed by atoms with van der Waals surface area (Å²) in [4.78, 5) is 10.9. The lowest BCUT2D eigenvalue weighted by Gasteiger charge is -2.14. The summed E-state index contributed by atoms with van der Waals surface area (Å²) in [7, 11) is 0. The normalized spacial score (nSPS) is 16.9. The number of benzene rings is 1. The van der Waals surface area contributed by atoms with Crippen molar-refractivity contribution >= 4 is 32.8 Å². The van der Waals surface area contributed by atoms with Crippen LogP contribution in [-0.2, 0) is 11.3 Å². The summed E-state index contributed by atoms with van der Waals surface area (Å²) in [5, 5.41) is 10.2. The average molecular weight is 308 g/mol. The summed E-state index contributed by atoms with van der Waals surface area (Å²) >= 11 is 3.56. The maximum atomic E-state index is 10.9. The summed E-state index contributed by atoms with van der Waals surface area (Å²) in [5.74, 6) is -0.692. The van der Waals surface area contributed by atoms with Crippen LogP contribution in [0.25, 0.3) is 10.9 Å². The van der Waals surface area contributed by atoms with Crippen molar-refractivity contribution in [3.63, 3.8) is 0 Å². The maximum absolute atomic E-state index is 10.9. The van der Waals surface area contributed by atoms with Crippen molar-refractivity contribution in [2.75, 3.05) is 0 Å². The molecule has 2 aromatic rings. The Bertz CT molecular complexity index is 613. The molecule has 0 radical (unpaired) electrons. The van der Waals surface area contributed by atoms with Gasteiger partial charge in [-0.1, -0.05) is 18.2 Å². The molecule has 0 atom stereocenters. The van der Waals surface area contributed by atoms with E-state index >= 15 is 0 Å². The van der Waals surface area contributed by atoms with Crippen LogP contribution in [0.5, 0.6) is 0 Å². The summed E-state index contributed by atoms with van der Waals surface area (Å²) in [6.45, 7) is 0.797. The summed E-state index contributed by atoms with van der Waals surface area (Å²) in [6, 6.07) is 8.19. The van der Waals surface area contributed by atoms with Gasteiger partial charge in [-0.15, -0.1) is 0 Å². The Balaban J connectivity index is 1.94. The molecule has 0 bridgehead atoms. The van der Waals surface area contributed by atoms with E-state index in [1.807, 2.05) is 12.1 Å². The van der Waals surface area contributed by atoms with Gasteiger partial charge < -0.3 is 9.67 Å². The minimum absolute atomic E-state index is 0.0208. The SMILES string of the molecule is O=C(O)CC1(Cn2cc(Br)c3ccccc32)CC1. The number of hydrogen-bond acceptors (Lipinski definition) is 1. The van der Waals surface area contributed by atoms with Gasteiger partial charge in [0, 0.05) is 28.1 Å². The quantitative estimate of drug-likeness (QED) is 0.936. The van der Waals surface area contributed by atoms with Gasteiger partial charge in [0.2, 0.25) is 0 Å². The highest BCUT2D eigenvalue weighted by Gasteiger charge is 2.44. The molecule has 0 amide bonds. The fourth-order valence-electron chi connectivity index (χ4n) is 2.58. The number of para-hydroxylation sites is 1. The molecule has 1 saturated carbocycles. The van der Waals surface area contributed by atoms with Gasteiger partial charge in [0.15, 0.2) is 0 Å². The van der Waals surface area contributed by atoms with Crippen LogP contribution >= 0.6 is 15.9 Å². The third-order valence-corrected chi connectivity index (χ3v) is 4.36.